The van der Waals surface area contributed by atoms with Crippen LogP contribution < -0.4 is 4.74 Å². The van der Waals surface area contributed by atoms with E-state index in [2.05, 4.69) is 0 Å². The number of halogens is 2. The maximum Gasteiger partial charge on any atom is 0.306 e. The molecule has 1 saturated heterocycles. The Morgan fingerprint density at radius 1 is 1.12 bits per heavy atom. The van der Waals surface area contributed by atoms with Gasteiger partial charge in [-0.1, -0.05) is 23.2 Å². The summed E-state index contributed by atoms with van der Waals surface area (Å²) in [5.41, 5.74) is 0. The van der Waals surface area contributed by atoms with Gasteiger partial charge in [-0.05, 0) is 31.4 Å². The maximum absolute atomic E-state index is 12.6. The van der Waals surface area contributed by atoms with Crippen molar-refractivity contribution in [3.8, 4) is 5.75 Å². The number of hydrogen-bond donors (Lipinski definition) is 1. The number of carboxylic acid groups (broad SMARTS) is 1. The lowest BCUT2D eigenvalue weighted by atomic mass is 10.0. The van der Waals surface area contributed by atoms with Crippen molar-refractivity contribution < 1.29 is 19.4 Å². The molecule has 1 aromatic carbocycles. The van der Waals surface area contributed by atoms with Crippen LogP contribution in [-0.2, 0) is 9.59 Å². The molecule has 1 amide bonds. The fraction of sp³-hybridized carbons (Fsp3) is 0.529. The van der Waals surface area contributed by atoms with Gasteiger partial charge in [-0.15, -0.1) is 0 Å². The lowest BCUT2D eigenvalue weighted by Crippen LogP contribution is -2.35. The van der Waals surface area contributed by atoms with Gasteiger partial charge in [0.25, 0.3) is 0 Å². The van der Waals surface area contributed by atoms with E-state index in [9.17, 15) is 9.59 Å². The topological polar surface area (TPSA) is 66.8 Å². The second-order valence-corrected chi connectivity index (χ2v) is 7.25. The first kappa shape index (κ1) is 17.4. The van der Waals surface area contributed by atoms with Gasteiger partial charge in [0.15, 0.2) is 0 Å². The van der Waals surface area contributed by atoms with E-state index in [1.165, 1.54) is 0 Å². The van der Waals surface area contributed by atoms with Crippen LogP contribution >= 0.6 is 23.2 Å². The van der Waals surface area contributed by atoms with Crippen molar-refractivity contribution >= 4 is 35.1 Å². The van der Waals surface area contributed by atoms with Gasteiger partial charge in [0.2, 0.25) is 5.91 Å². The van der Waals surface area contributed by atoms with E-state index in [-0.39, 0.29) is 23.8 Å². The summed E-state index contributed by atoms with van der Waals surface area (Å²) >= 11 is 11.9. The number of carbonyl (C=O) groups excluding carboxylic acids is 1. The van der Waals surface area contributed by atoms with Crippen molar-refractivity contribution in [2.24, 2.45) is 11.8 Å². The van der Waals surface area contributed by atoms with Crippen molar-refractivity contribution in [2.75, 3.05) is 13.1 Å². The average molecular weight is 372 g/mol. The molecule has 1 aliphatic heterocycles. The molecule has 7 heteroatoms. The van der Waals surface area contributed by atoms with Crippen LogP contribution in [0.4, 0.5) is 0 Å². The number of carbonyl (C=O) groups is 2. The highest BCUT2D eigenvalue weighted by Crippen LogP contribution is 2.33. The highest BCUT2D eigenvalue weighted by molar-refractivity contribution is 6.42. The van der Waals surface area contributed by atoms with Crippen LogP contribution in [0.25, 0.3) is 0 Å². The first-order chi connectivity index (χ1) is 11.4. The number of rotatable bonds is 4. The Morgan fingerprint density at radius 2 is 1.88 bits per heavy atom. The van der Waals surface area contributed by atoms with Gasteiger partial charge < -0.3 is 14.7 Å². The molecule has 0 aromatic heterocycles. The van der Waals surface area contributed by atoms with E-state index in [0.717, 1.165) is 6.42 Å². The SMILES string of the molecule is O=C(O)[C@@H]1CC[C@H](C(=O)N2CCC(Oc3ccc(Cl)c(Cl)c3)C2)C1. The molecule has 24 heavy (non-hydrogen) atoms. The minimum atomic E-state index is -0.799. The third kappa shape index (κ3) is 3.78. The van der Waals surface area contributed by atoms with Crippen molar-refractivity contribution in [3.05, 3.63) is 28.2 Å². The van der Waals surface area contributed by atoms with E-state index in [4.69, 9.17) is 33.0 Å². The monoisotopic (exact) mass is 371 g/mol. The van der Waals surface area contributed by atoms with Crippen LogP contribution in [0.2, 0.25) is 10.0 Å². The molecule has 1 heterocycles. The van der Waals surface area contributed by atoms with E-state index in [1.807, 2.05) is 0 Å². The molecule has 2 aliphatic rings. The molecule has 130 valence electrons. The van der Waals surface area contributed by atoms with Gasteiger partial charge in [-0.2, -0.15) is 0 Å². The van der Waals surface area contributed by atoms with Crippen molar-refractivity contribution in [1.82, 2.24) is 4.90 Å². The van der Waals surface area contributed by atoms with Crippen LogP contribution in [0.5, 0.6) is 5.75 Å². The standard InChI is InChI=1S/C17H19Cl2NO4/c18-14-4-3-12(8-15(14)19)24-13-5-6-20(9-13)16(21)10-1-2-11(7-10)17(22)23/h3-4,8,10-11,13H,1-2,5-7,9H2,(H,22,23)/t10-,11+,13?/m0/s1. The molecule has 1 unspecified atom stereocenters. The largest absolute Gasteiger partial charge is 0.488 e. The van der Waals surface area contributed by atoms with E-state index in [1.54, 1.807) is 23.1 Å². The van der Waals surface area contributed by atoms with E-state index < -0.39 is 5.97 Å². The van der Waals surface area contributed by atoms with Crippen LogP contribution in [0, 0.1) is 11.8 Å². The minimum Gasteiger partial charge on any atom is -0.488 e. The third-order valence-corrected chi connectivity index (χ3v) is 5.52. The Hall–Kier alpha value is -1.46. The first-order valence-electron chi connectivity index (χ1n) is 8.07. The predicted molar refractivity (Wildman–Crippen MR) is 90.5 cm³/mol. The van der Waals surface area contributed by atoms with Gasteiger partial charge in [-0.25, -0.2) is 0 Å². The van der Waals surface area contributed by atoms with Gasteiger partial charge in [0, 0.05) is 24.9 Å². The maximum atomic E-state index is 12.6. The highest BCUT2D eigenvalue weighted by atomic mass is 35.5. The van der Waals surface area contributed by atoms with Crippen LogP contribution in [-0.4, -0.2) is 41.1 Å². The van der Waals surface area contributed by atoms with Crippen LogP contribution in [0.15, 0.2) is 18.2 Å². The molecule has 3 rings (SSSR count). The summed E-state index contributed by atoms with van der Waals surface area (Å²) in [6.45, 7) is 1.16. The quantitative estimate of drug-likeness (QED) is 0.879. The number of aliphatic carboxylic acids is 1. The molecule has 1 aromatic rings. The number of nitrogens with zero attached hydrogens (tertiary/aromatic N) is 1. The Labute approximate surface area is 150 Å². The molecular weight excluding hydrogens is 353 g/mol. The summed E-state index contributed by atoms with van der Waals surface area (Å²) in [7, 11) is 0. The predicted octanol–water partition coefficient (Wildman–Crippen LogP) is 3.47. The second-order valence-electron chi connectivity index (χ2n) is 6.43. The smallest absolute Gasteiger partial charge is 0.306 e. The lowest BCUT2D eigenvalue weighted by Gasteiger charge is -2.21. The van der Waals surface area contributed by atoms with Gasteiger partial charge in [-0.3, -0.25) is 9.59 Å². The summed E-state index contributed by atoms with van der Waals surface area (Å²) in [5, 5.41) is 9.97. The molecule has 0 spiro atoms. The zero-order valence-electron chi connectivity index (χ0n) is 13.1. The Bertz CT molecular complexity index is 651. The fourth-order valence-corrected chi connectivity index (χ4v) is 3.74. The van der Waals surface area contributed by atoms with Crippen molar-refractivity contribution in [2.45, 2.75) is 31.8 Å². The van der Waals surface area contributed by atoms with E-state index in [0.29, 0.717) is 48.1 Å². The van der Waals surface area contributed by atoms with Crippen molar-refractivity contribution in [1.29, 1.82) is 0 Å². The summed E-state index contributed by atoms with van der Waals surface area (Å²) in [4.78, 5) is 25.4. The van der Waals surface area contributed by atoms with Crippen LogP contribution in [0.3, 0.4) is 0 Å². The third-order valence-electron chi connectivity index (χ3n) is 4.78. The van der Waals surface area contributed by atoms with Crippen molar-refractivity contribution in [3.63, 3.8) is 0 Å². The highest BCUT2D eigenvalue weighted by Gasteiger charge is 2.38. The lowest BCUT2D eigenvalue weighted by molar-refractivity contribution is -0.141. The van der Waals surface area contributed by atoms with Gasteiger partial charge in [0.05, 0.1) is 22.5 Å². The molecule has 1 aliphatic carbocycles. The molecule has 5 nitrogen and oxygen atoms in total. The van der Waals surface area contributed by atoms with Crippen LogP contribution in [0.1, 0.15) is 25.7 Å². The summed E-state index contributed by atoms with van der Waals surface area (Å²) in [6.07, 6.45) is 2.36. The molecule has 1 N–H and O–H groups in total. The number of benzene rings is 1. The Kier molecular flexibility index (Phi) is 5.21. The molecule has 3 atom stereocenters. The zero-order chi connectivity index (χ0) is 17.3. The number of ether oxygens (including phenoxy) is 1. The summed E-state index contributed by atoms with van der Waals surface area (Å²) in [5.74, 6) is -0.665. The molecule has 0 radical (unpaired) electrons. The Balaban J connectivity index is 1.54. The molecule has 0 bridgehead atoms. The number of likely N-dealkylation sites (tertiary alicyclic amines) is 1. The van der Waals surface area contributed by atoms with E-state index >= 15 is 0 Å². The normalized spacial score (nSPS) is 26.6. The molecule has 2 fully saturated rings. The first-order valence-corrected chi connectivity index (χ1v) is 8.83. The van der Waals surface area contributed by atoms with Gasteiger partial charge >= 0.3 is 5.97 Å². The minimum absolute atomic E-state index is 0.0546. The zero-order valence-corrected chi connectivity index (χ0v) is 14.6. The second kappa shape index (κ2) is 7.19. The number of amides is 1. The molecular formula is C17H19Cl2NO4. The Morgan fingerprint density at radius 3 is 2.54 bits per heavy atom. The van der Waals surface area contributed by atoms with Gasteiger partial charge in [0.1, 0.15) is 11.9 Å². The number of carboxylic acids is 1. The summed E-state index contributed by atoms with van der Waals surface area (Å²) in [6, 6.07) is 5.11. The fourth-order valence-electron chi connectivity index (χ4n) is 3.46. The number of hydrogen-bond acceptors (Lipinski definition) is 3. The average Bonchev–Trinajstić information content (AvgIpc) is 3.20. The summed E-state index contributed by atoms with van der Waals surface area (Å²) < 4.78 is 5.88. The molecule has 1 saturated carbocycles.